The minimum atomic E-state index is 0.388. The number of pyridine rings is 1. The molecule has 1 N–H and O–H groups in total. The van der Waals surface area contributed by atoms with E-state index in [1.807, 2.05) is 25.1 Å². The molecular formula is C27H22N4O. The Balaban J connectivity index is 1.48. The molecule has 0 saturated carbocycles. The second-order valence-corrected chi connectivity index (χ2v) is 8.31. The first kappa shape index (κ1) is 18.8. The monoisotopic (exact) mass is 418 g/mol. The highest BCUT2D eigenvalue weighted by Gasteiger charge is 2.22. The van der Waals surface area contributed by atoms with Crippen molar-refractivity contribution in [1.29, 1.82) is 0 Å². The Morgan fingerprint density at radius 3 is 2.34 bits per heavy atom. The Morgan fingerprint density at radius 1 is 0.875 bits per heavy atom. The van der Waals surface area contributed by atoms with E-state index in [9.17, 15) is 0 Å². The molecule has 3 aromatic carbocycles. The first-order chi connectivity index (χ1) is 15.8. The van der Waals surface area contributed by atoms with E-state index in [4.69, 9.17) is 9.40 Å². The summed E-state index contributed by atoms with van der Waals surface area (Å²) in [6, 6.07) is 25.9. The van der Waals surface area contributed by atoms with E-state index in [0.29, 0.717) is 11.9 Å². The van der Waals surface area contributed by atoms with Crippen LogP contribution in [0.1, 0.15) is 16.8 Å². The van der Waals surface area contributed by atoms with Crippen molar-refractivity contribution in [2.75, 3.05) is 5.32 Å². The summed E-state index contributed by atoms with van der Waals surface area (Å²) >= 11 is 0. The molecule has 0 radical (unpaired) electrons. The average Bonchev–Trinajstić information content (AvgIpc) is 3.48. The molecule has 6 rings (SSSR count). The Bertz CT molecular complexity index is 1390. The molecule has 2 aromatic heterocycles. The molecule has 2 heterocycles. The summed E-state index contributed by atoms with van der Waals surface area (Å²) in [5.41, 5.74) is 8.83. The first-order valence-corrected chi connectivity index (χ1v) is 10.9. The van der Waals surface area contributed by atoms with Gasteiger partial charge in [0.05, 0.1) is 16.8 Å². The molecule has 0 aliphatic heterocycles. The summed E-state index contributed by atoms with van der Waals surface area (Å²) in [6.07, 6.45) is 3.45. The van der Waals surface area contributed by atoms with E-state index in [-0.39, 0.29) is 0 Å². The van der Waals surface area contributed by atoms with Gasteiger partial charge < -0.3 is 9.73 Å². The van der Waals surface area contributed by atoms with Crippen molar-refractivity contribution in [3.63, 3.8) is 0 Å². The van der Waals surface area contributed by atoms with Crippen molar-refractivity contribution in [2.24, 2.45) is 0 Å². The van der Waals surface area contributed by atoms with Crippen molar-refractivity contribution >= 4 is 16.6 Å². The molecule has 5 aromatic rings. The van der Waals surface area contributed by atoms with Crippen LogP contribution in [0.15, 0.2) is 83.6 Å². The zero-order chi connectivity index (χ0) is 21.5. The maximum absolute atomic E-state index is 5.61. The zero-order valence-electron chi connectivity index (χ0n) is 17.7. The van der Waals surface area contributed by atoms with Gasteiger partial charge in [-0.25, -0.2) is 0 Å². The maximum atomic E-state index is 5.61. The Kier molecular flexibility index (Phi) is 4.46. The SMILES string of the molecule is Cc1nc2ccc(NC3Cc4ccccc4C3)cc2c(-c2ccccc2)c1-c1nnco1. The minimum absolute atomic E-state index is 0.388. The van der Waals surface area contributed by atoms with Crippen LogP contribution < -0.4 is 5.32 Å². The number of rotatable bonds is 4. The number of hydrogen-bond acceptors (Lipinski definition) is 5. The highest BCUT2D eigenvalue weighted by atomic mass is 16.4. The number of aromatic nitrogens is 3. The molecule has 0 unspecified atom stereocenters. The topological polar surface area (TPSA) is 63.8 Å². The van der Waals surface area contributed by atoms with Gasteiger partial charge in [0, 0.05) is 22.7 Å². The van der Waals surface area contributed by atoms with Crippen LogP contribution in [-0.4, -0.2) is 21.2 Å². The number of nitrogens with one attached hydrogen (secondary N) is 1. The van der Waals surface area contributed by atoms with Crippen molar-refractivity contribution < 1.29 is 4.42 Å². The highest BCUT2D eigenvalue weighted by Crippen LogP contribution is 2.39. The molecule has 0 saturated heterocycles. The fourth-order valence-electron chi connectivity index (χ4n) is 4.82. The molecule has 0 amide bonds. The predicted octanol–water partition coefficient (Wildman–Crippen LogP) is 5.84. The van der Waals surface area contributed by atoms with Crippen LogP contribution in [0.5, 0.6) is 0 Å². The van der Waals surface area contributed by atoms with Crippen LogP contribution in [0.2, 0.25) is 0 Å². The van der Waals surface area contributed by atoms with Gasteiger partial charge in [0.1, 0.15) is 0 Å². The van der Waals surface area contributed by atoms with Gasteiger partial charge >= 0.3 is 0 Å². The summed E-state index contributed by atoms with van der Waals surface area (Å²) in [4.78, 5) is 4.87. The summed E-state index contributed by atoms with van der Waals surface area (Å²) in [5, 5.41) is 12.9. The number of fused-ring (bicyclic) bond motifs is 2. The summed E-state index contributed by atoms with van der Waals surface area (Å²) in [7, 11) is 0. The van der Waals surface area contributed by atoms with Gasteiger partial charge in [-0.05, 0) is 54.7 Å². The van der Waals surface area contributed by atoms with Gasteiger partial charge in [-0.3, -0.25) is 4.98 Å². The van der Waals surface area contributed by atoms with Crippen molar-refractivity contribution in [1.82, 2.24) is 15.2 Å². The third-order valence-corrected chi connectivity index (χ3v) is 6.22. The third kappa shape index (κ3) is 3.23. The second-order valence-electron chi connectivity index (χ2n) is 8.31. The second kappa shape index (κ2) is 7.61. The van der Waals surface area contributed by atoms with Crippen LogP contribution in [-0.2, 0) is 12.8 Å². The average molecular weight is 419 g/mol. The Labute approximate surface area is 186 Å². The molecule has 156 valence electrons. The smallest absolute Gasteiger partial charge is 0.249 e. The van der Waals surface area contributed by atoms with E-state index in [1.165, 1.54) is 17.5 Å². The molecule has 0 bridgehead atoms. The number of anilines is 1. The molecule has 0 spiro atoms. The van der Waals surface area contributed by atoms with Gasteiger partial charge in [0.15, 0.2) is 0 Å². The van der Waals surface area contributed by atoms with Gasteiger partial charge in [-0.15, -0.1) is 10.2 Å². The third-order valence-electron chi connectivity index (χ3n) is 6.22. The number of benzene rings is 3. The standard InChI is InChI=1S/C27H22N4O/c1-17-25(27-31-28-16-32-27)26(18-7-3-2-4-8-18)23-15-21(11-12-24(23)29-17)30-22-13-19-9-5-6-10-20(19)14-22/h2-12,15-16,22,30H,13-14H2,1H3. The fourth-order valence-corrected chi connectivity index (χ4v) is 4.82. The van der Waals surface area contributed by atoms with E-state index >= 15 is 0 Å². The highest BCUT2D eigenvalue weighted by molar-refractivity contribution is 6.03. The predicted molar refractivity (Wildman–Crippen MR) is 126 cm³/mol. The van der Waals surface area contributed by atoms with E-state index in [2.05, 4.69) is 70.1 Å². The molecule has 5 heteroatoms. The number of hydrogen-bond donors (Lipinski definition) is 1. The van der Waals surface area contributed by atoms with E-state index in [1.54, 1.807) is 0 Å². The number of aryl methyl sites for hydroxylation is 1. The van der Waals surface area contributed by atoms with Crippen molar-refractivity contribution in [2.45, 2.75) is 25.8 Å². The van der Waals surface area contributed by atoms with Gasteiger partial charge in [0.2, 0.25) is 12.3 Å². The molecule has 0 atom stereocenters. The molecule has 1 aliphatic rings. The van der Waals surface area contributed by atoms with E-state index < -0.39 is 0 Å². The normalized spacial score (nSPS) is 13.4. The van der Waals surface area contributed by atoms with Gasteiger partial charge in [-0.2, -0.15) is 0 Å². The van der Waals surface area contributed by atoms with Crippen LogP contribution in [0, 0.1) is 6.92 Å². The molecule has 32 heavy (non-hydrogen) atoms. The largest absolute Gasteiger partial charge is 0.423 e. The van der Waals surface area contributed by atoms with Crippen LogP contribution in [0.25, 0.3) is 33.5 Å². The Morgan fingerprint density at radius 2 is 1.62 bits per heavy atom. The fraction of sp³-hybridized carbons (Fsp3) is 0.148. The lowest BCUT2D eigenvalue weighted by molar-refractivity contribution is 0.568. The zero-order valence-corrected chi connectivity index (χ0v) is 17.7. The summed E-state index contributed by atoms with van der Waals surface area (Å²) in [6.45, 7) is 1.99. The Hall–Kier alpha value is -3.99. The molecule has 5 nitrogen and oxygen atoms in total. The van der Waals surface area contributed by atoms with Gasteiger partial charge in [0.25, 0.3) is 0 Å². The summed E-state index contributed by atoms with van der Waals surface area (Å²) in [5.74, 6) is 0.486. The van der Waals surface area contributed by atoms with Crippen LogP contribution >= 0.6 is 0 Å². The summed E-state index contributed by atoms with van der Waals surface area (Å²) < 4.78 is 5.61. The molecule has 0 fully saturated rings. The lowest BCUT2D eigenvalue weighted by Crippen LogP contribution is -2.19. The maximum Gasteiger partial charge on any atom is 0.249 e. The lowest BCUT2D eigenvalue weighted by atomic mass is 9.94. The minimum Gasteiger partial charge on any atom is -0.423 e. The van der Waals surface area contributed by atoms with Crippen LogP contribution in [0.3, 0.4) is 0 Å². The first-order valence-electron chi connectivity index (χ1n) is 10.9. The van der Waals surface area contributed by atoms with Gasteiger partial charge in [-0.1, -0.05) is 54.6 Å². The van der Waals surface area contributed by atoms with Crippen LogP contribution in [0.4, 0.5) is 5.69 Å². The van der Waals surface area contributed by atoms with E-state index in [0.717, 1.165) is 51.8 Å². The van der Waals surface area contributed by atoms with Crippen molar-refractivity contribution in [3.8, 4) is 22.6 Å². The number of nitrogens with zero attached hydrogens (tertiary/aromatic N) is 3. The lowest BCUT2D eigenvalue weighted by Gasteiger charge is -2.17. The quantitative estimate of drug-likeness (QED) is 0.397. The molecular weight excluding hydrogens is 396 g/mol. The van der Waals surface area contributed by atoms with Crippen molar-refractivity contribution in [3.05, 3.63) is 96.0 Å². The molecule has 1 aliphatic carbocycles.